The molecule has 0 aromatic carbocycles. The predicted molar refractivity (Wildman–Crippen MR) is 58.8 cm³/mol. The molecule has 12 heteroatoms. The van der Waals surface area contributed by atoms with Gasteiger partial charge in [0.1, 0.15) is 0 Å². The first-order valence-corrected chi connectivity index (χ1v) is 8.82. The molecule has 0 aromatic heterocycles. The maximum atomic E-state index is 10.9. The van der Waals surface area contributed by atoms with Crippen molar-refractivity contribution in [2.24, 2.45) is 0 Å². The Hall–Kier alpha value is -0.530. The summed E-state index contributed by atoms with van der Waals surface area (Å²) in [5.41, 5.74) is -1.90. The van der Waals surface area contributed by atoms with Crippen molar-refractivity contribution in [1.29, 1.82) is 0 Å². The van der Waals surface area contributed by atoms with E-state index in [1.165, 1.54) is 0 Å². The number of aliphatic hydroxyl groups is 1. The lowest BCUT2D eigenvalue weighted by atomic mass is 10.8. The fourth-order valence-electron chi connectivity index (χ4n) is 0.451. The highest BCUT2D eigenvalue weighted by Gasteiger charge is 2.32. The van der Waals surface area contributed by atoms with Crippen LogP contribution in [0.5, 0.6) is 0 Å². The highest BCUT2D eigenvalue weighted by atomic mass is 33.2. The third kappa shape index (κ3) is 8.23. The summed E-state index contributed by atoms with van der Waals surface area (Å²) >= 11 is 0. The minimum atomic E-state index is -4.67. The monoisotopic (exact) mass is 312 g/mol. The van der Waals surface area contributed by atoms with E-state index in [-0.39, 0.29) is 0 Å². The maximum absolute atomic E-state index is 10.9. The topological polar surface area (TPSA) is 163 Å². The second kappa shape index (κ2) is 6.42. The summed E-state index contributed by atoms with van der Waals surface area (Å²) in [7, 11) is -13.5. The molecule has 104 valence electrons. The zero-order chi connectivity index (χ0) is 14.5. The van der Waals surface area contributed by atoms with E-state index in [0.717, 1.165) is 13.0 Å². The van der Waals surface area contributed by atoms with Crippen LogP contribution >= 0.6 is 0 Å². The molecule has 9 nitrogen and oxygen atoms in total. The average molecular weight is 312 g/mol. The van der Waals surface area contributed by atoms with E-state index < -0.39 is 39.3 Å². The van der Waals surface area contributed by atoms with Gasteiger partial charge in [-0.15, -0.1) is 6.58 Å². The fourth-order valence-corrected chi connectivity index (χ4v) is 3.48. The highest BCUT2D eigenvalue weighted by Crippen LogP contribution is 2.09. The first kappa shape index (κ1) is 18.8. The molecule has 0 aliphatic rings. The Bertz CT molecular complexity index is 527. The minimum absolute atomic E-state index is 0.680. The summed E-state index contributed by atoms with van der Waals surface area (Å²) in [5.74, 6) is -0.680. The van der Waals surface area contributed by atoms with Gasteiger partial charge in [0.05, 0.1) is 5.75 Å². The van der Waals surface area contributed by atoms with Crippen LogP contribution in [0.25, 0.3) is 0 Å². The van der Waals surface area contributed by atoms with Gasteiger partial charge in [0.15, 0.2) is 5.44 Å². The van der Waals surface area contributed by atoms with Gasteiger partial charge in [0, 0.05) is 0 Å². The number of hydrogen-bond acceptors (Lipinski definition) is 7. The zero-order valence-corrected chi connectivity index (χ0v) is 11.0. The van der Waals surface area contributed by atoms with Gasteiger partial charge in [-0.3, -0.25) is 9.11 Å². The molecule has 0 aliphatic carbocycles. The van der Waals surface area contributed by atoms with Crippen LogP contribution in [-0.4, -0.2) is 50.7 Å². The third-order valence-electron chi connectivity index (χ3n) is 1.09. The van der Waals surface area contributed by atoms with Gasteiger partial charge in [-0.1, -0.05) is 6.08 Å². The van der Waals surface area contributed by atoms with Crippen LogP contribution in [0.1, 0.15) is 6.92 Å². The van der Waals surface area contributed by atoms with Crippen LogP contribution in [0.2, 0.25) is 0 Å². The smallest absolute Gasteiger partial charge is 0.376 e. The van der Waals surface area contributed by atoms with Crippen molar-refractivity contribution in [3.05, 3.63) is 12.7 Å². The molecule has 0 saturated carbocycles. The van der Waals surface area contributed by atoms with E-state index in [1.807, 2.05) is 0 Å². The molecular weight excluding hydrogens is 300 g/mol. The van der Waals surface area contributed by atoms with E-state index in [4.69, 9.17) is 22.6 Å². The van der Waals surface area contributed by atoms with E-state index in [2.05, 4.69) is 6.58 Å². The van der Waals surface area contributed by atoms with Crippen molar-refractivity contribution in [2.75, 3.05) is 5.75 Å². The number of hydrogen-bond donors (Lipinski definition) is 3. The molecule has 0 amide bonds. The molecule has 0 aliphatic heterocycles. The molecule has 0 radical (unpaired) electrons. The molecule has 1 atom stereocenters. The summed E-state index contributed by atoms with van der Waals surface area (Å²) in [5, 5.41) is 8.64. The van der Waals surface area contributed by atoms with Crippen molar-refractivity contribution in [1.82, 2.24) is 0 Å². The zero-order valence-electron chi connectivity index (χ0n) is 8.58. The normalized spacial score (nSPS) is 14.4. The molecule has 17 heavy (non-hydrogen) atoms. The second-order valence-electron chi connectivity index (χ2n) is 2.55. The highest BCUT2D eigenvalue weighted by molar-refractivity contribution is 8.67. The Morgan fingerprint density at radius 3 is 1.59 bits per heavy atom. The van der Waals surface area contributed by atoms with Crippen LogP contribution in [0, 0.1) is 0 Å². The van der Waals surface area contributed by atoms with Crippen molar-refractivity contribution in [3.63, 3.8) is 0 Å². The summed E-state index contributed by atoms with van der Waals surface area (Å²) in [4.78, 5) is 0. The Kier molecular flexibility index (Phi) is 7.10. The maximum Gasteiger partial charge on any atom is 0.394 e. The van der Waals surface area contributed by atoms with E-state index >= 15 is 0 Å². The van der Waals surface area contributed by atoms with Gasteiger partial charge < -0.3 is 5.11 Å². The molecule has 0 fully saturated rings. The second-order valence-corrected chi connectivity index (χ2v) is 9.48. The number of rotatable bonds is 4. The molecule has 1 unspecified atom stereocenters. The lowest BCUT2D eigenvalue weighted by molar-refractivity contribution is 0.271. The molecule has 0 saturated heterocycles. The van der Waals surface area contributed by atoms with Crippen molar-refractivity contribution < 1.29 is 39.5 Å². The standard InChI is InChI=1S/C5H10O5S2.H2O4S/c1-3-4-11(7,8)12(9,10)5(2)6;1-5(2,3)4/h3,5-6H,1,4H2,2H3;(H2,1,2,3,4). The average Bonchev–Trinajstić information content (AvgIpc) is 1.99. The molecule has 0 bridgehead atoms. The third-order valence-corrected chi connectivity index (χ3v) is 6.65. The van der Waals surface area contributed by atoms with Crippen LogP contribution in [-0.2, 0) is 28.1 Å². The van der Waals surface area contributed by atoms with Crippen LogP contribution < -0.4 is 0 Å². The van der Waals surface area contributed by atoms with Gasteiger partial charge in [0.2, 0.25) is 0 Å². The van der Waals surface area contributed by atoms with Crippen LogP contribution in [0.4, 0.5) is 0 Å². The lowest BCUT2D eigenvalue weighted by Crippen LogP contribution is -2.27. The van der Waals surface area contributed by atoms with E-state index in [0.29, 0.717) is 0 Å². The summed E-state index contributed by atoms with van der Waals surface area (Å²) in [6, 6.07) is 0. The first-order chi connectivity index (χ1) is 7.25. The molecule has 0 spiro atoms. The molecule has 0 heterocycles. The van der Waals surface area contributed by atoms with Crippen LogP contribution in [0.15, 0.2) is 12.7 Å². The molecule has 3 N–H and O–H groups in total. The van der Waals surface area contributed by atoms with Crippen LogP contribution in [0.3, 0.4) is 0 Å². The van der Waals surface area contributed by atoms with Gasteiger partial charge in [-0.25, -0.2) is 16.8 Å². The van der Waals surface area contributed by atoms with Crippen molar-refractivity contribution in [2.45, 2.75) is 12.4 Å². The lowest BCUT2D eigenvalue weighted by Gasteiger charge is -2.05. The summed E-state index contributed by atoms with van der Waals surface area (Å²) in [6.45, 7) is 3.98. The van der Waals surface area contributed by atoms with Gasteiger partial charge in [-0.2, -0.15) is 8.42 Å². The van der Waals surface area contributed by atoms with E-state index in [9.17, 15) is 16.8 Å². The minimum Gasteiger partial charge on any atom is -0.376 e. The van der Waals surface area contributed by atoms with E-state index in [1.54, 1.807) is 0 Å². The summed E-state index contributed by atoms with van der Waals surface area (Å²) < 4.78 is 75.0. The Morgan fingerprint density at radius 1 is 1.12 bits per heavy atom. The van der Waals surface area contributed by atoms with Crippen molar-refractivity contribution >= 4 is 28.1 Å². The quantitative estimate of drug-likeness (QED) is 0.322. The first-order valence-electron chi connectivity index (χ1n) is 3.71. The van der Waals surface area contributed by atoms with Gasteiger partial charge >= 0.3 is 10.4 Å². The van der Waals surface area contributed by atoms with Gasteiger partial charge in [0.25, 0.3) is 17.7 Å². The fraction of sp³-hybridized carbons (Fsp3) is 0.600. The summed E-state index contributed by atoms with van der Waals surface area (Å²) in [6.07, 6.45) is 0.954. The van der Waals surface area contributed by atoms with Crippen molar-refractivity contribution in [3.8, 4) is 0 Å². The predicted octanol–water partition coefficient (Wildman–Crippen LogP) is -1.40. The molecule has 0 rings (SSSR count). The number of aliphatic hydroxyl groups excluding tert-OH is 1. The molecular formula is C5H12O9S3. The molecule has 0 aromatic rings. The SMILES string of the molecule is C=CCS(=O)(=O)S(=O)(=O)C(C)O.O=S(=O)(O)O. The Labute approximate surface area is 98.6 Å². The van der Waals surface area contributed by atoms with Gasteiger partial charge in [-0.05, 0) is 6.92 Å². The largest absolute Gasteiger partial charge is 0.394 e. The Balaban J connectivity index is 0. The Morgan fingerprint density at radius 2 is 1.41 bits per heavy atom.